The van der Waals surface area contributed by atoms with Crippen LogP contribution in [0, 0.1) is 13.8 Å². The van der Waals surface area contributed by atoms with Crippen LogP contribution in [-0.2, 0) is 11.3 Å². The lowest BCUT2D eigenvalue weighted by Crippen LogP contribution is -2.59. The van der Waals surface area contributed by atoms with Gasteiger partial charge in [-0.2, -0.15) is 16.9 Å². The van der Waals surface area contributed by atoms with Crippen LogP contribution in [0.15, 0.2) is 30.3 Å². The number of urea groups is 1. The first-order chi connectivity index (χ1) is 14.6. The van der Waals surface area contributed by atoms with Crippen LogP contribution in [0.3, 0.4) is 0 Å². The van der Waals surface area contributed by atoms with Crippen LogP contribution in [0.4, 0.5) is 4.79 Å². The number of hydrogen-bond donors (Lipinski definition) is 2. The largest absolute Gasteiger partial charge is 0.379 e. The second-order valence-electron chi connectivity index (χ2n) is 8.06. The molecule has 2 N–H and O–H groups in total. The molecule has 2 aromatic rings. The number of hydrogen-bond acceptors (Lipinski definition) is 5. The summed E-state index contributed by atoms with van der Waals surface area (Å²) < 4.78 is 7.46. The fourth-order valence-electron chi connectivity index (χ4n) is 4.36. The summed E-state index contributed by atoms with van der Waals surface area (Å²) in [4.78, 5) is 15.1. The summed E-state index contributed by atoms with van der Waals surface area (Å²) in [6.07, 6.45) is 1.11. The number of carbonyl (C=O) groups is 1. The van der Waals surface area contributed by atoms with E-state index in [1.807, 2.05) is 60.6 Å². The van der Waals surface area contributed by atoms with E-state index in [9.17, 15) is 4.79 Å². The number of para-hydroxylation sites is 1. The summed E-state index contributed by atoms with van der Waals surface area (Å²) in [5.74, 6) is 2.22. The molecule has 1 unspecified atom stereocenters. The van der Waals surface area contributed by atoms with Gasteiger partial charge in [0, 0.05) is 48.7 Å². The zero-order valence-electron chi connectivity index (χ0n) is 17.8. The Balaban J connectivity index is 1.35. The molecule has 1 atom stereocenters. The van der Waals surface area contributed by atoms with Crippen LogP contribution < -0.4 is 10.6 Å². The number of thioether (sulfide) groups is 1. The number of aryl methyl sites for hydroxylation is 1. The van der Waals surface area contributed by atoms with Crippen molar-refractivity contribution in [3.63, 3.8) is 0 Å². The van der Waals surface area contributed by atoms with E-state index in [4.69, 9.17) is 4.74 Å². The van der Waals surface area contributed by atoms with Gasteiger partial charge in [0.05, 0.1) is 24.6 Å². The molecule has 7 nitrogen and oxygen atoms in total. The van der Waals surface area contributed by atoms with Crippen LogP contribution in [0.1, 0.15) is 23.4 Å². The average molecular weight is 430 g/mol. The van der Waals surface area contributed by atoms with Gasteiger partial charge in [-0.3, -0.25) is 4.90 Å². The van der Waals surface area contributed by atoms with Crippen molar-refractivity contribution in [1.82, 2.24) is 25.3 Å². The predicted octanol–water partition coefficient (Wildman–Crippen LogP) is 2.50. The quantitative estimate of drug-likeness (QED) is 0.738. The third-order valence-electron chi connectivity index (χ3n) is 6.21. The van der Waals surface area contributed by atoms with Gasteiger partial charge in [-0.25, -0.2) is 9.48 Å². The van der Waals surface area contributed by atoms with E-state index in [2.05, 4.69) is 20.6 Å². The number of nitrogens with one attached hydrogen (secondary N) is 2. The summed E-state index contributed by atoms with van der Waals surface area (Å²) in [7, 11) is 0. The number of benzene rings is 1. The number of ether oxygens (including phenoxy) is 1. The number of aromatic nitrogens is 2. The average Bonchev–Trinajstić information content (AvgIpc) is 3.37. The highest BCUT2D eigenvalue weighted by atomic mass is 32.2. The highest BCUT2D eigenvalue weighted by molar-refractivity contribution is 7.99. The maximum atomic E-state index is 12.6. The van der Waals surface area contributed by atoms with E-state index in [1.165, 1.54) is 0 Å². The van der Waals surface area contributed by atoms with Gasteiger partial charge in [-0.15, -0.1) is 0 Å². The van der Waals surface area contributed by atoms with E-state index in [-0.39, 0.29) is 11.6 Å². The standard InChI is InChI=1S/C22H31N5O2S/c1-17-20(18(2)27(25-17)19-6-4-3-5-7-19)14-23-21(28)24-15-22(8-13-30-16-22)26-9-11-29-12-10-26/h3-7H,8-16H2,1-2H3,(H2,23,24,28). The molecule has 3 heterocycles. The molecule has 4 rings (SSSR count). The van der Waals surface area contributed by atoms with Crippen molar-refractivity contribution >= 4 is 17.8 Å². The summed E-state index contributed by atoms with van der Waals surface area (Å²) in [6, 6.07) is 9.95. The van der Waals surface area contributed by atoms with Crippen LogP contribution >= 0.6 is 11.8 Å². The van der Waals surface area contributed by atoms with Crippen molar-refractivity contribution in [2.45, 2.75) is 32.4 Å². The Bertz CT molecular complexity index is 858. The smallest absolute Gasteiger partial charge is 0.315 e. The second-order valence-corrected chi connectivity index (χ2v) is 9.16. The topological polar surface area (TPSA) is 71.4 Å². The predicted molar refractivity (Wildman–Crippen MR) is 120 cm³/mol. The molecule has 0 bridgehead atoms. The lowest BCUT2D eigenvalue weighted by molar-refractivity contribution is -0.0124. The zero-order chi connectivity index (χ0) is 21.0. The number of morpholine rings is 1. The monoisotopic (exact) mass is 429 g/mol. The molecule has 1 aromatic heterocycles. The van der Waals surface area contributed by atoms with Crippen molar-refractivity contribution in [1.29, 1.82) is 0 Å². The molecule has 162 valence electrons. The normalized spacial score (nSPS) is 22.2. The van der Waals surface area contributed by atoms with Gasteiger partial charge >= 0.3 is 6.03 Å². The second kappa shape index (κ2) is 9.41. The highest BCUT2D eigenvalue weighted by Crippen LogP contribution is 2.33. The van der Waals surface area contributed by atoms with Gasteiger partial charge in [0.2, 0.25) is 0 Å². The molecule has 0 aliphatic carbocycles. The van der Waals surface area contributed by atoms with Gasteiger partial charge in [-0.1, -0.05) is 18.2 Å². The molecular weight excluding hydrogens is 398 g/mol. The van der Waals surface area contributed by atoms with Gasteiger partial charge in [-0.05, 0) is 38.2 Å². The lowest BCUT2D eigenvalue weighted by atomic mass is 9.95. The first kappa shape index (κ1) is 21.2. The van der Waals surface area contributed by atoms with Gasteiger partial charge in [0.25, 0.3) is 0 Å². The van der Waals surface area contributed by atoms with E-state index in [1.54, 1.807) is 0 Å². The minimum absolute atomic E-state index is 0.0514. The lowest BCUT2D eigenvalue weighted by Gasteiger charge is -2.43. The minimum Gasteiger partial charge on any atom is -0.379 e. The molecule has 8 heteroatoms. The molecule has 2 saturated heterocycles. The number of rotatable bonds is 6. The Kier molecular flexibility index (Phi) is 6.65. The Morgan fingerprint density at radius 2 is 1.97 bits per heavy atom. The van der Waals surface area contributed by atoms with Crippen LogP contribution in [0.5, 0.6) is 0 Å². The van der Waals surface area contributed by atoms with Gasteiger partial charge in [0.15, 0.2) is 0 Å². The van der Waals surface area contributed by atoms with Crippen LogP contribution in [-0.4, -0.2) is 70.6 Å². The Morgan fingerprint density at radius 3 is 2.67 bits per heavy atom. The van der Waals surface area contributed by atoms with Crippen molar-refractivity contribution in [3.05, 3.63) is 47.3 Å². The summed E-state index contributed by atoms with van der Waals surface area (Å²) in [5, 5.41) is 10.8. The van der Waals surface area contributed by atoms with Gasteiger partial charge < -0.3 is 15.4 Å². The molecule has 2 fully saturated rings. The van der Waals surface area contributed by atoms with E-state index < -0.39 is 0 Å². The molecule has 2 amide bonds. The van der Waals surface area contributed by atoms with Crippen molar-refractivity contribution in [2.24, 2.45) is 0 Å². The fourth-order valence-corrected chi connectivity index (χ4v) is 5.84. The highest BCUT2D eigenvalue weighted by Gasteiger charge is 2.40. The SMILES string of the molecule is Cc1nn(-c2ccccc2)c(C)c1CNC(=O)NCC1(N2CCOCC2)CCSC1. The first-order valence-corrected chi connectivity index (χ1v) is 11.8. The van der Waals surface area contributed by atoms with Crippen LogP contribution in [0.2, 0.25) is 0 Å². The zero-order valence-corrected chi connectivity index (χ0v) is 18.6. The fraction of sp³-hybridized carbons (Fsp3) is 0.545. The Morgan fingerprint density at radius 1 is 1.20 bits per heavy atom. The Hall–Kier alpha value is -2.03. The first-order valence-electron chi connectivity index (χ1n) is 10.6. The van der Waals surface area contributed by atoms with E-state index in [0.29, 0.717) is 13.1 Å². The molecular formula is C22H31N5O2S. The third kappa shape index (κ3) is 4.50. The molecule has 2 aliphatic rings. The van der Waals surface area contributed by atoms with Crippen molar-refractivity contribution in [3.8, 4) is 5.69 Å². The van der Waals surface area contributed by atoms with Crippen molar-refractivity contribution in [2.75, 3.05) is 44.4 Å². The van der Waals surface area contributed by atoms with Crippen LogP contribution in [0.25, 0.3) is 5.69 Å². The summed E-state index contributed by atoms with van der Waals surface area (Å²) >= 11 is 1.98. The maximum Gasteiger partial charge on any atom is 0.315 e. The molecule has 0 spiro atoms. The van der Waals surface area contributed by atoms with E-state index in [0.717, 1.165) is 66.9 Å². The number of amides is 2. The number of carbonyl (C=O) groups excluding carboxylic acids is 1. The summed E-state index contributed by atoms with van der Waals surface area (Å²) in [6.45, 7) is 8.63. The minimum atomic E-state index is -0.120. The molecule has 0 saturated carbocycles. The third-order valence-corrected chi connectivity index (χ3v) is 7.44. The number of nitrogens with zero attached hydrogens (tertiary/aromatic N) is 3. The molecule has 0 radical (unpaired) electrons. The molecule has 30 heavy (non-hydrogen) atoms. The molecule has 2 aliphatic heterocycles. The van der Waals surface area contributed by atoms with Crippen molar-refractivity contribution < 1.29 is 9.53 Å². The Labute approximate surface area is 182 Å². The van der Waals surface area contributed by atoms with E-state index >= 15 is 0 Å². The molecule has 1 aromatic carbocycles. The van der Waals surface area contributed by atoms with Gasteiger partial charge in [0.1, 0.15) is 0 Å². The summed E-state index contributed by atoms with van der Waals surface area (Å²) in [5.41, 5.74) is 4.13. The maximum absolute atomic E-state index is 12.6.